The van der Waals surface area contributed by atoms with Gasteiger partial charge in [0.2, 0.25) is 5.82 Å². The zero-order valence-corrected chi connectivity index (χ0v) is 7.42. The molecule has 1 aromatic heterocycles. The van der Waals surface area contributed by atoms with Crippen LogP contribution in [0.4, 0.5) is 0 Å². The lowest BCUT2D eigenvalue weighted by Crippen LogP contribution is -2.15. The van der Waals surface area contributed by atoms with E-state index in [9.17, 15) is 0 Å². The van der Waals surface area contributed by atoms with Gasteiger partial charge in [0, 0.05) is 6.42 Å². The molecule has 2 atom stereocenters. The van der Waals surface area contributed by atoms with E-state index in [2.05, 4.69) is 10.1 Å². The van der Waals surface area contributed by atoms with Crippen LogP contribution in [-0.4, -0.2) is 32.0 Å². The molecule has 7 nitrogen and oxygen atoms in total. The molecule has 0 radical (unpaired) electrons. The summed E-state index contributed by atoms with van der Waals surface area (Å²) in [5.41, 5.74) is 5.21. The Labute approximate surface area is 80.0 Å². The fourth-order valence-electron chi connectivity index (χ4n) is 1.33. The third-order valence-electron chi connectivity index (χ3n) is 2.02. The van der Waals surface area contributed by atoms with E-state index < -0.39 is 6.29 Å². The second-order valence-electron chi connectivity index (χ2n) is 3.08. The van der Waals surface area contributed by atoms with Crippen molar-refractivity contribution in [2.24, 2.45) is 5.73 Å². The average molecular weight is 197 g/mol. The highest BCUT2D eigenvalue weighted by Crippen LogP contribution is 2.25. The molecule has 1 fully saturated rings. The number of ether oxygens (including phenoxy) is 1. The predicted molar refractivity (Wildman–Crippen MR) is 46.4 cm³/mol. The minimum Gasteiger partial charge on any atom is -0.381 e. The number of aliphatic hydroxyl groups is 1. The summed E-state index contributed by atoms with van der Waals surface area (Å²) in [6.07, 6.45) is 1.68. The maximum atomic E-state index is 9.13. The van der Waals surface area contributed by atoms with E-state index in [-0.39, 0.29) is 17.9 Å². The maximum absolute atomic E-state index is 9.13. The van der Waals surface area contributed by atoms with Crippen LogP contribution in [0.5, 0.6) is 0 Å². The van der Waals surface area contributed by atoms with E-state index in [0.29, 0.717) is 12.8 Å². The van der Waals surface area contributed by atoms with Gasteiger partial charge >= 0.3 is 0 Å². The zero-order chi connectivity index (χ0) is 10.1. The Morgan fingerprint density at radius 1 is 1.71 bits per heavy atom. The number of nitrogens with zero attached hydrogens (tertiary/aromatic N) is 3. The van der Waals surface area contributed by atoms with Crippen LogP contribution in [0.3, 0.4) is 0 Å². The van der Waals surface area contributed by atoms with Crippen molar-refractivity contribution in [1.82, 2.24) is 14.8 Å². The molecule has 0 aromatic carbocycles. The van der Waals surface area contributed by atoms with Gasteiger partial charge in [-0.2, -0.15) is 0 Å². The van der Waals surface area contributed by atoms with E-state index in [1.807, 2.05) is 0 Å². The van der Waals surface area contributed by atoms with Crippen LogP contribution in [-0.2, 0) is 4.74 Å². The Morgan fingerprint density at radius 2 is 2.50 bits per heavy atom. The summed E-state index contributed by atoms with van der Waals surface area (Å²) in [6.45, 7) is 0. The van der Waals surface area contributed by atoms with E-state index in [4.69, 9.17) is 21.0 Å². The van der Waals surface area contributed by atoms with Crippen molar-refractivity contribution in [2.75, 3.05) is 0 Å². The SMILES string of the molecule is N=C(N)c1ncn([C@H]2CC[C@@H](O)O2)n1. The Balaban J connectivity index is 2.13. The minimum atomic E-state index is -0.732. The van der Waals surface area contributed by atoms with Crippen LogP contribution >= 0.6 is 0 Å². The fourth-order valence-corrected chi connectivity index (χ4v) is 1.33. The summed E-state index contributed by atoms with van der Waals surface area (Å²) in [5.74, 6) is -0.00251. The van der Waals surface area contributed by atoms with Crippen LogP contribution in [0.2, 0.25) is 0 Å². The maximum Gasteiger partial charge on any atom is 0.215 e. The molecule has 1 aliphatic heterocycles. The lowest BCUT2D eigenvalue weighted by atomic mass is 10.3. The van der Waals surface area contributed by atoms with Gasteiger partial charge in [0.25, 0.3) is 0 Å². The van der Waals surface area contributed by atoms with Crippen molar-refractivity contribution in [3.8, 4) is 0 Å². The number of hydrogen-bond acceptors (Lipinski definition) is 5. The molecule has 0 amide bonds. The van der Waals surface area contributed by atoms with Gasteiger partial charge in [-0.15, -0.1) is 5.10 Å². The average Bonchev–Trinajstić information content (AvgIpc) is 2.70. The predicted octanol–water partition coefficient (Wildman–Crippen LogP) is -0.810. The van der Waals surface area contributed by atoms with E-state index >= 15 is 0 Å². The van der Waals surface area contributed by atoms with Gasteiger partial charge in [-0.1, -0.05) is 0 Å². The molecule has 76 valence electrons. The number of aliphatic hydroxyl groups excluding tert-OH is 1. The molecule has 0 bridgehead atoms. The number of hydrogen-bond donors (Lipinski definition) is 3. The lowest BCUT2D eigenvalue weighted by molar-refractivity contribution is -0.116. The quantitative estimate of drug-likeness (QED) is 0.424. The number of nitrogen functional groups attached to an aromatic ring is 1. The fraction of sp³-hybridized carbons (Fsp3) is 0.571. The van der Waals surface area contributed by atoms with Gasteiger partial charge in [-0.3, -0.25) is 5.41 Å². The highest BCUT2D eigenvalue weighted by atomic mass is 16.6. The standard InChI is InChI=1S/C7H11N5O2/c8-6(9)7-10-3-12(11-7)4-1-2-5(13)14-4/h3-5,13H,1-2H2,(H3,8,9)/t4-,5+/m1/s1. The van der Waals surface area contributed by atoms with Crippen LogP contribution in [0, 0.1) is 5.41 Å². The first-order chi connectivity index (χ1) is 6.66. The zero-order valence-electron chi connectivity index (χ0n) is 7.42. The molecule has 14 heavy (non-hydrogen) atoms. The molecular formula is C7H11N5O2. The van der Waals surface area contributed by atoms with Gasteiger partial charge < -0.3 is 15.6 Å². The van der Waals surface area contributed by atoms with Crippen molar-refractivity contribution in [1.29, 1.82) is 5.41 Å². The van der Waals surface area contributed by atoms with Crippen molar-refractivity contribution in [3.63, 3.8) is 0 Å². The molecular weight excluding hydrogens is 186 g/mol. The molecule has 1 aliphatic rings. The van der Waals surface area contributed by atoms with E-state index in [0.717, 1.165) is 0 Å². The van der Waals surface area contributed by atoms with Crippen molar-refractivity contribution in [2.45, 2.75) is 25.4 Å². The molecule has 0 spiro atoms. The van der Waals surface area contributed by atoms with E-state index in [1.54, 1.807) is 0 Å². The van der Waals surface area contributed by atoms with Crippen LogP contribution in [0.25, 0.3) is 0 Å². The normalized spacial score (nSPS) is 26.6. The van der Waals surface area contributed by atoms with Gasteiger partial charge in [-0.05, 0) is 6.42 Å². The lowest BCUT2D eigenvalue weighted by Gasteiger charge is -2.09. The topological polar surface area (TPSA) is 110 Å². The molecule has 7 heteroatoms. The summed E-state index contributed by atoms with van der Waals surface area (Å²) in [6, 6.07) is 0. The first kappa shape index (κ1) is 9.10. The highest BCUT2D eigenvalue weighted by Gasteiger charge is 2.25. The Kier molecular flexibility index (Phi) is 2.18. The summed E-state index contributed by atoms with van der Waals surface area (Å²) in [4.78, 5) is 3.83. The number of aromatic nitrogens is 3. The molecule has 4 N–H and O–H groups in total. The van der Waals surface area contributed by atoms with Gasteiger partial charge in [0.05, 0.1) is 0 Å². The number of rotatable bonds is 2. The molecule has 1 aromatic rings. The summed E-state index contributed by atoms with van der Waals surface area (Å²) in [7, 11) is 0. The Hall–Kier alpha value is -1.47. The third-order valence-corrected chi connectivity index (χ3v) is 2.02. The minimum absolute atomic E-state index is 0.176. The summed E-state index contributed by atoms with van der Waals surface area (Å²) < 4.78 is 6.61. The molecule has 0 unspecified atom stereocenters. The van der Waals surface area contributed by atoms with Crippen molar-refractivity contribution >= 4 is 5.84 Å². The first-order valence-electron chi connectivity index (χ1n) is 4.26. The van der Waals surface area contributed by atoms with Gasteiger partial charge in [0.15, 0.2) is 18.4 Å². The van der Waals surface area contributed by atoms with Gasteiger partial charge in [-0.25, -0.2) is 9.67 Å². The molecule has 1 saturated heterocycles. The molecule has 2 heterocycles. The molecule has 0 saturated carbocycles. The molecule has 2 rings (SSSR count). The first-order valence-corrected chi connectivity index (χ1v) is 4.26. The van der Waals surface area contributed by atoms with Crippen LogP contribution in [0.15, 0.2) is 6.33 Å². The molecule has 0 aliphatic carbocycles. The van der Waals surface area contributed by atoms with Crippen molar-refractivity contribution in [3.05, 3.63) is 12.2 Å². The number of nitrogens with one attached hydrogen (secondary N) is 1. The highest BCUT2D eigenvalue weighted by molar-refractivity contribution is 5.90. The third kappa shape index (κ3) is 1.59. The Morgan fingerprint density at radius 3 is 3.00 bits per heavy atom. The Bertz CT molecular complexity index is 350. The van der Waals surface area contributed by atoms with Crippen LogP contribution in [0.1, 0.15) is 24.9 Å². The largest absolute Gasteiger partial charge is 0.381 e. The number of nitrogens with two attached hydrogens (primary N) is 1. The number of amidine groups is 1. The van der Waals surface area contributed by atoms with Crippen molar-refractivity contribution < 1.29 is 9.84 Å². The second-order valence-corrected chi connectivity index (χ2v) is 3.08. The smallest absolute Gasteiger partial charge is 0.215 e. The monoisotopic (exact) mass is 197 g/mol. The van der Waals surface area contributed by atoms with Gasteiger partial charge in [0.1, 0.15) is 6.33 Å². The summed E-state index contributed by atoms with van der Waals surface area (Å²) >= 11 is 0. The van der Waals surface area contributed by atoms with E-state index in [1.165, 1.54) is 11.0 Å². The second kappa shape index (κ2) is 3.35. The van der Waals surface area contributed by atoms with Crippen LogP contribution < -0.4 is 5.73 Å². The summed E-state index contributed by atoms with van der Waals surface area (Å²) in [5, 5.41) is 20.2.